The van der Waals surface area contributed by atoms with Crippen LogP contribution in [-0.4, -0.2) is 54.1 Å². The number of thioether (sulfide) groups is 1. The van der Waals surface area contributed by atoms with Gasteiger partial charge in [0.1, 0.15) is 4.32 Å². The van der Waals surface area contributed by atoms with Crippen LogP contribution in [0, 0.1) is 10.1 Å². The van der Waals surface area contributed by atoms with Crippen LogP contribution in [0.4, 0.5) is 5.69 Å². The van der Waals surface area contributed by atoms with Crippen LogP contribution in [0.5, 0.6) is 0 Å². The maximum atomic E-state index is 12.2. The lowest BCUT2D eigenvalue weighted by atomic mass is 10.2. The summed E-state index contributed by atoms with van der Waals surface area (Å²) in [5, 5.41) is 11.0. The molecule has 2 fully saturated rings. The quantitative estimate of drug-likeness (QED) is 0.441. The van der Waals surface area contributed by atoms with Crippen LogP contribution in [0.1, 0.15) is 18.4 Å². The van der Waals surface area contributed by atoms with Crippen LogP contribution >= 0.6 is 24.0 Å². The Labute approximate surface area is 153 Å². The number of nitro groups is 1. The zero-order valence-corrected chi connectivity index (χ0v) is 15.6. The lowest BCUT2D eigenvalue weighted by Gasteiger charge is -2.35. The SMILES string of the molecule is O=[N+]([O-])c1ccc(CSC(=S)N2CCN(S(=O)C3CC3)CC2)cc1. The summed E-state index contributed by atoms with van der Waals surface area (Å²) in [6.45, 7) is 3.21. The Kier molecular flexibility index (Phi) is 5.85. The van der Waals surface area contributed by atoms with Gasteiger partial charge in [-0.05, 0) is 18.4 Å². The van der Waals surface area contributed by atoms with Crippen LogP contribution in [0.25, 0.3) is 0 Å². The van der Waals surface area contributed by atoms with Gasteiger partial charge in [0.2, 0.25) is 0 Å². The zero-order valence-electron chi connectivity index (χ0n) is 13.1. The molecule has 1 aliphatic heterocycles. The molecule has 0 radical (unpaired) electrons. The second-order valence-corrected chi connectivity index (χ2v) is 9.21. The number of hydrogen-bond acceptors (Lipinski definition) is 5. The molecule has 1 saturated heterocycles. The molecular weight excluding hydrogens is 366 g/mol. The fourth-order valence-electron chi connectivity index (χ4n) is 2.48. The van der Waals surface area contributed by atoms with Crippen molar-refractivity contribution in [1.29, 1.82) is 0 Å². The Balaban J connectivity index is 1.44. The highest BCUT2D eigenvalue weighted by Gasteiger charge is 2.34. The maximum Gasteiger partial charge on any atom is 0.269 e. The highest BCUT2D eigenvalue weighted by molar-refractivity contribution is 8.22. The Morgan fingerprint density at radius 3 is 2.42 bits per heavy atom. The third-order valence-electron chi connectivity index (χ3n) is 4.07. The van der Waals surface area contributed by atoms with Crippen molar-refractivity contribution in [3.63, 3.8) is 0 Å². The fourth-order valence-corrected chi connectivity index (χ4v) is 5.17. The van der Waals surface area contributed by atoms with Gasteiger partial charge in [-0.1, -0.05) is 36.1 Å². The van der Waals surface area contributed by atoms with Gasteiger partial charge in [0.05, 0.1) is 15.9 Å². The monoisotopic (exact) mass is 385 g/mol. The molecule has 1 atom stereocenters. The topological polar surface area (TPSA) is 66.7 Å². The molecule has 1 unspecified atom stereocenters. The van der Waals surface area contributed by atoms with Crippen molar-refractivity contribution >= 4 is 45.0 Å². The van der Waals surface area contributed by atoms with Crippen molar-refractivity contribution in [3.8, 4) is 0 Å². The first kappa shape index (κ1) is 17.8. The van der Waals surface area contributed by atoms with E-state index in [1.807, 2.05) is 0 Å². The number of piperazine rings is 1. The molecule has 130 valence electrons. The van der Waals surface area contributed by atoms with Gasteiger partial charge < -0.3 is 4.90 Å². The van der Waals surface area contributed by atoms with E-state index in [0.717, 1.165) is 48.9 Å². The molecular formula is C15H19N3O3S3. The lowest BCUT2D eigenvalue weighted by molar-refractivity contribution is -0.384. The molecule has 0 amide bonds. The van der Waals surface area contributed by atoms with Crippen LogP contribution in [0.2, 0.25) is 0 Å². The summed E-state index contributed by atoms with van der Waals surface area (Å²) in [5.74, 6) is 0.699. The van der Waals surface area contributed by atoms with Crippen LogP contribution in [0.3, 0.4) is 0 Å². The van der Waals surface area contributed by atoms with Gasteiger partial charge in [-0.3, -0.25) is 10.1 Å². The Hall–Kier alpha value is -1.03. The molecule has 0 aromatic heterocycles. The van der Waals surface area contributed by atoms with Crippen molar-refractivity contribution in [1.82, 2.24) is 9.21 Å². The van der Waals surface area contributed by atoms with E-state index >= 15 is 0 Å². The van der Waals surface area contributed by atoms with E-state index in [2.05, 4.69) is 9.21 Å². The van der Waals surface area contributed by atoms with Crippen LogP contribution < -0.4 is 0 Å². The summed E-state index contributed by atoms with van der Waals surface area (Å²) in [6.07, 6.45) is 2.19. The molecule has 0 bridgehead atoms. The summed E-state index contributed by atoms with van der Waals surface area (Å²) in [6, 6.07) is 6.57. The van der Waals surface area contributed by atoms with Crippen molar-refractivity contribution in [2.45, 2.75) is 23.8 Å². The van der Waals surface area contributed by atoms with E-state index in [1.54, 1.807) is 23.9 Å². The molecule has 2 aliphatic rings. The van der Waals surface area contributed by atoms with Gasteiger partial charge in [-0.2, -0.15) is 0 Å². The van der Waals surface area contributed by atoms with E-state index in [1.165, 1.54) is 12.1 Å². The third-order valence-corrected chi connectivity index (χ3v) is 7.58. The molecule has 3 rings (SSSR count). The molecule has 0 N–H and O–H groups in total. The zero-order chi connectivity index (χ0) is 17.1. The van der Waals surface area contributed by atoms with Gasteiger partial charge >= 0.3 is 0 Å². The molecule has 1 aromatic rings. The minimum Gasteiger partial charge on any atom is -0.355 e. The normalized spacial score (nSPS) is 19.9. The number of rotatable bonds is 5. The highest BCUT2D eigenvalue weighted by atomic mass is 32.2. The standard InChI is InChI=1S/C15H19N3O3S3/c19-18(20)13-3-1-12(2-4-13)11-23-15(22)16-7-9-17(10-8-16)24(21)14-5-6-14/h1-4,14H,5-11H2. The Morgan fingerprint density at radius 2 is 1.88 bits per heavy atom. The average Bonchev–Trinajstić information content (AvgIpc) is 3.44. The van der Waals surface area contributed by atoms with Crippen molar-refractivity contribution in [3.05, 3.63) is 39.9 Å². The summed E-state index contributed by atoms with van der Waals surface area (Å²) >= 11 is 7.07. The van der Waals surface area contributed by atoms with Crippen molar-refractivity contribution in [2.75, 3.05) is 26.2 Å². The van der Waals surface area contributed by atoms with E-state index in [9.17, 15) is 14.3 Å². The van der Waals surface area contributed by atoms with Gasteiger partial charge in [0.15, 0.2) is 0 Å². The van der Waals surface area contributed by atoms with E-state index in [0.29, 0.717) is 11.0 Å². The largest absolute Gasteiger partial charge is 0.355 e. The number of benzene rings is 1. The molecule has 1 aliphatic carbocycles. The van der Waals surface area contributed by atoms with E-state index in [4.69, 9.17) is 12.2 Å². The summed E-state index contributed by atoms with van der Waals surface area (Å²) < 4.78 is 15.1. The third kappa shape index (κ3) is 4.53. The first-order valence-electron chi connectivity index (χ1n) is 7.85. The fraction of sp³-hybridized carbons (Fsp3) is 0.533. The summed E-state index contributed by atoms with van der Waals surface area (Å²) in [5.41, 5.74) is 1.12. The molecule has 0 spiro atoms. The Bertz CT molecular complexity index is 641. The molecule has 1 heterocycles. The predicted molar refractivity (Wildman–Crippen MR) is 101 cm³/mol. The number of non-ortho nitro benzene ring substituents is 1. The number of nitrogens with zero attached hydrogens (tertiary/aromatic N) is 3. The van der Waals surface area contributed by atoms with Crippen LogP contribution in [0.15, 0.2) is 24.3 Å². The van der Waals surface area contributed by atoms with E-state index in [-0.39, 0.29) is 5.69 Å². The molecule has 24 heavy (non-hydrogen) atoms. The van der Waals surface area contributed by atoms with E-state index < -0.39 is 15.9 Å². The minimum atomic E-state index is -0.813. The Morgan fingerprint density at radius 1 is 1.25 bits per heavy atom. The maximum absolute atomic E-state index is 12.2. The minimum absolute atomic E-state index is 0.103. The summed E-state index contributed by atoms with van der Waals surface area (Å²) in [4.78, 5) is 12.4. The lowest BCUT2D eigenvalue weighted by Crippen LogP contribution is -2.48. The van der Waals surface area contributed by atoms with Gasteiger partial charge in [0.25, 0.3) is 5.69 Å². The second kappa shape index (κ2) is 7.90. The first-order chi connectivity index (χ1) is 11.5. The van der Waals surface area contributed by atoms with Crippen molar-refractivity contribution in [2.24, 2.45) is 0 Å². The molecule has 9 heteroatoms. The molecule has 1 aromatic carbocycles. The van der Waals surface area contributed by atoms with Gasteiger partial charge in [0, 0.05) is 49.3 Å². The smallest absolute Gasteiger partial charge is 0.269 e. The predicted octanol–water partition coefficient (Wildman–Crippen LogP) is 2.56. The van der Waals surface area contributed by atoms with Gasteiger partial charge in [-0.15, -0.1) is 0 Å². The van der Waals surface area contributed by atoms with Gasteiger partial charge in [-0.25, -0.2) is 8.51 Å². The number of thiocarbonyl (C=S) groups is 1. The first-order valence-corrected chi connectivity index (χ1v) is 10.4. The second-order valence-electron chi connectivity index (χ2n) is 5.87. The summed E-state index contributed by atoms with van der Waals surface area (Å²) in [7, 11) is -0.813. The highest BCUT2D eigenvalue weighted by Crippen LogP contribution is 2.29. The molecule has 6 nitrogen and oxygen atoms in total. The average molecular weight is 386 g/mol. The van der Waals surface area contributed by atoms with Crippen LogP contribution in [-0.2, 0) is 16.7 Å². The number of hydrogen-bond donors (Lipinski definition) is 0. The molecule has 1 saturated carbocycles. The number of nitro benzene ring substituents is 1. The van der Waals surface area contributed by atoms with Crippen molar-refractivity contribution < 1.29 is 9.13 Å².